The minimum Gasteiger partial charge on any atom is -0.0616 e. The molecule has 0 fully saturated rings. The molecule has 0 aliphatic carbocycles. The first-order valence-corrected chi connectivity index (χ1v) is 8.05. The summed E-state index contributed by atoms with van der Waals surface area (Å²) in [6, 6.07) is 28.8. The van der Waals surface area contributed by atoms with E-state index in [1.54, 1.807) is 0 Å². The first-order chi connectivity index (χ1) is 11.3. The maximum absolute atomic E-state index is 2.32. The van der Waals surface area contributed by atoms with Gasteiger partial charge in [-0.3, -0.25) is 0 Å². The summed E-state index contributed by atoms with van der Waals surface area (Å²) >= 11 is 0. The van der Waals surface area contributed by atoms with Gasteiger partial charge >= 0.3 is 0 Å². The van der Waals surface area contributed by atoms with E-state index >= 15 is 0 Å². The third kappa shape index (κ3) is 1.72. The quantitative estimate of drug-likeness (QED) is 0.282. The van der Waals surface area contributed by atoms with Gasteiger partial charge in [0.2, 0.25) is 0 Å². The zero-order valence-electron chi connectivity index (χ0n) is 13.0. The molecule has 5 aromatic rings. The highest BCUT2D eigenvalue weighted by Gasteiger charge is 2.10. The maximum atomic E-state index is 2.32. The Balaban J connectivity index is 2.22. The lowest BCUT2D eigenvalue weighted by Gasteiger charge is -2.13. The second-order valence-electron chi connectivity index (χ2n) is 6.30. The van der Waals surface area contributed by atoms with Crippen LogP contribution in [0.1, 0.15) is 5.56 Å². The molecule has 0 amide bonds. The molecule has 23 heavy (non-hydrogen) atoms. The predicted molar refractivity (Wildman–Crippen MR) is 101 cm³/mol. The van der Waals surface area contributed by atoms with E-state index in [2.05, 4.69) is 85.8 Å². The van der Waals surface area contributed by atoms with E-state index in [4.69, 9.17) is 0 Å². The van der Waals surface area contributed by atoms with Crippen LogP contribution in [0, 0.1) is 6.92 Å². The third-order valence-electron chi connectivity index (χ3n) is 4.88. The second-order valence-corrected chi connectivity index (χ2v) is 6.30. The van der Waals surface area contributed by atoms with Crippen LogP contribution in [-0.4, -0.2) is 0 Å². The largest absolute Gasteiger partial charge is 0.0616 e. The SMILES string of the molecule is Cc1ccc2ccc3c4ccccc4c4ccccc4c3c2c1. The van der Waals surface area contributed by atoms with Crippen LogP contribution in [-0.2, 0) is 0 Å². The van der Waals surface area contributed by atoms with Crippen molar-refractivity contribution in [1.82, 2.24) is 0 Å². The smallest absolute Gasteiger partial charge is 0.00203 e. The molecule has 0 saturated carbocycles. The number of hydrogen-bond acceptors (Lipinski definition) is 0. The Morgan fingerprint density at radius 1 is 0.478 bits per heavy atom. The lowest BCUT2D eigenvalue weighted by molar-refractivity contribution is 1.51. The first kappa shape index (κ1) is 12.7. The topological polar surface area (TPSA) is 0 Å². The summed E-state index contributed by atoms with van der Waals surface area (Å²) < 4.78 is 0. The highest BCUT2D eigenvalue weighted by Crippen LogP contribution is 2.38. The highest BCUT2D eigenvalue weighted by molar-refractivity contribution is 6.31. The second kappa shape index (κ2) is 4.57. The number of benzene rings is 5. The fraction of sp³-hybridized carbons (Fsp3) is 0.0435. The average Bonchev–Trinajstić information content (AvgIpc) is 2.61. The molecule has 0 radical (unpaired) electrons. The van der Waals surface area contributed by atoms with Crippen molar-refractivity contribution in [2.24, 2.45) is 0 Å². The van der Waals surface area contributed by atoms with Gasteiger partial charge in [-0.05, 0) is 50.0 Å². The van der Waals surface area contributed by atoms with Gasteiger partial charge in [0.15, 0.2) is 0 Å². The standard InChI is InChI=1S/C23H16/c1-15-10-11-16-12-13-21-19-8-3-2-6-17(19)18-7-4-5-9-20(18)23(21)22(16)14-15/h2-14H,1H3. The molecule has 0 saturated heterocycles. The molecule has 0 heterocycles. The Morgan fingerprint density at radius 3 is 1.70 bits per heavy atom. The Morgan fingerprint density at radius 2 is 1.00 bits per heavy atom. The van der Waals surface area contributed by atoms with Crippen LogP contribution in [0.4, 0.5) is 0 Å². The lowest BCUT2D eigenvalue weighted by Crippen LogP contribution is -1.85. The fourth-order valence-electron chi connectivity index (χ4n) is 3.84. The normalized spacial score (nSPS) is 11.7. The van der Waals surface area contributed by atoms with Crippen LogP contribution in [0.2, 0.25) is 0 Å². The van der Waals surface area contributed by atoms with E-state index < -0.39 is 0 Å². The molecule has 108 valence electrons. The monoisotopic (exact) mass is 292 g/mol. The summed E-state index contributed by atoms with van der Waals surface area (Å²) in [4.78, 5) is 0. The molecule has 0 aliphatic heterocycles. The van der Waals surface area contributed by atoms with Crippen molar-refractivity contribution in [3.8, 4) is 0 Å². The first-order valence-electron chi connectivity index (χ1n) is 8.05. The van der Waals surface area contributed by atoms with E-state index in [1.165, 1.54) is 48.7 Å². The van der Waals surface area contributed by atoms with Crippen molar-refractivity contribution >= 4 is 43.1 Å². The Hall–Kier alpha value is -2.86. The number of rotatable bonds is 0. The lowest BCUT2D eigenvalue weighted by atomic mass is 9.91. The van der Waals surface area contributed by atoms with Crippen molar-refractivity contribution in [2.75, 3.05) is 0 Å². The molecule has 0 atom stereocenters. The summed E-state index contributed by atoms with van der Waals surface area (Å²) in [5.74, 6) is 0. The van der Waals surface area contributed by atoms with E-state index in [-0.39, 0.29) is 0 Å². The minimum atomic E-state index is 1.31. The van der Waals surface area contributed by atoms with Gasteiger partial charge < -0.3 is 0 Å². The van der Waals surface area contributed by atoms with Crippen molar-refractivity contribution in [3.05, 3.63) is 84.4 Å². The van der Waals surface area contributed by atoms with E-state index in [9.17, 15) is 0 Å². The van der Waals surface area contributed by atoms with Crippen LogP contribution in [0.15, 0.2) is 78.9 Å². The average molecular weight is 292 g/mol. The molecule has 0 bridgehead atoms. The van der Waals surface area contributed by atoms with Gasteiger partial charge in [0.05, 0.1) is 0 Å². The van der Waals surface area contributed by atoms with Crippen LogP contribution >= 0.6 is 0 Å². The molecule has 5 rings (SSSR count). The minimum absolute atomic E-state index is 1.31. The molecule has 0 nitrogen and oxygen atoms in total. The van der Waals surface area contributed by atoms with Crippen molar-refractivity contribution in [3.63, 3.8) is 0 Å². The predicted octanol–water partition coefficient (Wildman–Crippen LogP) is 6.61. The van der Waals surface area contributed by atoms with Crippen molar-refractivity contribution < 1.29 is 0 Å². The summed E-state index contributed by atoms with van der Waals surface area (Å²) in [5, 5.41) is 10.7. The van der Waals surface area contributed by atoms with Gasteiger partial charge in [-0.2, -0.15) is 0 Å². The number of fused-ring (bicyclic) bond motifs is 8. The molecule has 0 aliphatic rings. The zero-order chi connectivity index (χ0) is 15.4. The molecule has 0 spiro atoms. The molecular weight excluding hydrogens is 276 g/mol. The van der Waals surface area contributed by atoms with Gasteiger partial charge in [-0.15, -0.1) is 0 Å². The Labute approximate surface area is 135 Å². The third-order valence-corrected chi connectivity index (χ3v) is 4.88. The molecule has 5 aromatic carbocycles. The molecule has 0 N–H and O–H groups in total. The molecule has 0 aromatic heterocycles. The summed E-state index contributed by atoms with van der Waals surface area (Å²) in [7, 11) is 0. The summed E-state index contributed by atoms with van der Waals surface area (Å²) in [6.07, 6.45) is 0. The van der Waals surface area contributed by atoms with E-state index in [1.807, 2.05) is 0 Å². The number of hydrogen-bond donors (Lipinski definition) is 0. The van der Waals surface area contributed by atoms with Crippen LogP contribution in [0.5, 0.6) is 0 Å². The molecule has 0 heteroatoms. The van der Waals surface area contributed by atoms with Crippen LogP contribution < -0.4 is 0 Å². The van der Waals surface area contributed by atoms with Gasteiger partial charge in [-0.25, -0.2) is 0 Å². The molecule has 0 unspecified atom stereocenters. The zero-order valence-corrected chi connectivity index (χ0v) is 13.0. The molecular formula is C23H16. The highest BCUT2D eigenvalue weighted by atomic mass is 14.1. The fourth-order valence-corrected chi connectivity index (χ4v) is 3.84. The summed E-state index contributed by atoms with van der Waals surface area (Å²) in [5.41, 5.74) is 1.31. The Bertz CT molecular complexity index is 1180. The van der Waals surface area contributed by atoms with Crippen LogP contribution in [0.3, 0.4) is 0 Å². The van der Waals surface area contributed by atoms with Gasteiger partial charge in [0.1, 0.15) is 0 Å². The summed E-state index contributed by atoms with van der Waals surface area (Å²) in [6.45, 7) is 2.17. The van der Waals surface area contributed by atoms with Crippen molar-refractivity contribution in [2.45, 2.75) is 6.92 Å². The Kier molecular flexibility index (Phi) is 2.51. The van der Waals surface area contributed by atoms with Gasteiger partial charge in [0, 0.05) is 0 Å². The van der Waals surface area contributed by atoms with E-state index in [0.29, 0.717) is 0 Å². The maximum Gasteiger partial charge on any atom is -0.00203 e. The van der Waals surface area contributed by atoms with Crippen molar-refractivity contribution in [1.29, 1.82) is 0 Å². The van der Waals surface area contributed by atoms with E-state index in [0.717, 1.165) is 0 Å². The van der Waals surface area contributed by atoms with Gasteiger partial charge in [-0.1, -0.05) is 84.4 Å². The van der Waals surface area contributed by atoms with Crippen LogP contribution in [0.25, 0.3) is 43.1 Å². The number of aryl methyl sites for hydroxylation is 1. The van der Waals surface area contributed by atoms with Gasteiger partial charge in [0.25, 0.3) is 0 Å².